The van der Waals surface area contributed by atoms with E-state index in [1.165, 1.54) is 0 Å². The van der Waals surface area contributed by atoms with Gasteiger partial charge in [-0.25, -0.2) is 0 Å². The van der Waals surface area contributed by atoms with Gasteiger partial charge in [0, 0.05) is 0 Å². The van der Waals surface area contributed by atoms with Crippen molar-refractivity contribution in [2.45, 2.75) is 44.1 Å². The zero-order valence-electron chi connectivity index (χ0n) is 16.7. The number of hydrogen-bond acceptors (Lipinski definition) is 7. The maximum atomic E-state index is 12.4. The molecule has 0 aromatic carbocycles. The summed E-state index contributed by atoms with van der Waals surface area (Å²) in [5, 5.41) is 13.9. The van der Waals surface area contributed by atoms with Crippen LogP contribution in [0, 0.1) is 0 Å². The minimum Gasteiger partial charge on any atom is -0.346 e. The lowest BCUT2D eigenvalue weighted by Crippen LogP contribution is -2.48. The van der Waals surface area contributed by atoms with Crippen LogP contribution in [0.1, 0.15) is 32.6 Å². The molecule has 0 spiro atoms. The van der Waals surface area contributed by atoms with Crippen molar-refractivity contribution in [3.8, 4) is 0 Å². The molecule has 0 rings (SSSR count). The molecule has 0 bridgehead atoms. The smallest absolute Gasteiger partial charge is 0.240 e. The highest BCUT2D eigenvalue weighted by atomic mass is 35.5. The Labute approximate surface area is 172 Å². The molecule has 28 heavy (non-hydrogen) atoms. The van der Waals surface area contributed by atoms with E-state index in [2.05, 4.69) is 26.6 Å². The van der Waals surface area contributed by atoms with Crippen molar-refractivity contribution < 1.29 is 14.4 Å². The van der Waals surface area contributed by atoms with Crippen LogP contribution in [0.3, 0.4) is 0 Å². The topological polar surface area (TPSA) is 163 Å². The van der Waals surface area contributed by atoms with E-state index in [1.54, 1.807) is 6.92 Å². The molecule has 0 radical (unpaired) electrons. The Balaban J connectivity index is 4.22. The molecule has 2 atom stereocenters. The molecule has 0 heterocycles. The Hall–Kier alpha value is -1.46. The fourth-order valence-electron chi connectivity index (χ4n) is 2.29. The van der Waals surface area contributed by atoms with Gasteiger partial charge in [-0.3, -0.25) is 14.4 Å². The molecule has 10 nitrogen and oxygen atoms in total. The van der Waals surface area contributed by atoms with Crippen LogP contribution >= 0.6 is 11.6 Å². The summed E-state index contributed by atoms with van der Waals surface area (Å²) < 4.78 is 0. The third-order valence-electron chi connectivity index (χ3n) is 3.72. The summed E-state index contributed by atoms with van der Waals surface area (Å²) in [6.07, 6.45) is 3.10. The second kappa shape index (κ2) is 17.6. The van der Waals surface area contributed by atoms with Crippen molar-refractivity contribution in [3.63, 3.8) is 0 Å². The minimum atomic E-state index is -0.519. The zero-order chi connectivity index (χ0) is 21.2. The molecule has 0 aliphatic heterocycles. The molecule has 0 aliphatic rings. The summed E-state index contributed by atoms with van der Waals surface area (Å²) in [5.41, 5.74) is 10.4. The quantitative estimate of drug-likeness (QED) is 0.0806. The molecule has 0 aliphatic carbocycles. The van der Waals surface area contributed by atoms with Crippen molar-refractivity contribution in [3.05, 3.63) is 0 Å². The van der Waals surface area contributed by atoms with Crippen LogP contribution < -0.4 is 38.1 Å². The van der Waals surface area contributed by atoms with Crippen molar-refractivity contribution in [1.82, 2.24) is 26.6 Å². The molecule has 0 saturated carbocycles. The third kappa shape index (κ3) is 15.6. The highest BCUT2D eigenvalue weighted by Gasteiger charge is 2.18. The van der Waals surface area contributed by atoms with Crippen LogP contribution in [0.2, 0.25) is 0 Å². The van der Waals surface area contributed by atoms with Gasteiger partial charge in [-0.05, 0) is 65.3 Å². The Morgan fingerprint density at radius 3 is 2.14 bits per heavy atom. The lowest BCUT2D eigenvalue weighted by molar-refractivity contribution is -0.128. The van der Waals surface area contributed by atoms with Gasteiger partial charge in [0.25, 0.3) is 0 Å². The third-order valence-corrected chi connectivity index (χ3v) is 3.83. The van der Waals surface area contributed by atoms with Gasteiger partial charge in [0.15, 0.2) is 0 Å². The Morgan fingerprint density at radius 1 is 0.893 bits per heavy atom. The Kier molecular flexibility index (Phi) is 16.7. The van der Waals surface area contributed by atoms with Gasteiger partial charge in [-0.15, -0.1) is 0 Å². The van der Waals surface area contributed by atoms with E-state index in [0.29, 0.717) is 26.1 Å². The van der Waals surface area contributed by atoms with E-state index in [0.717, 1.165) is 32.4 Å². The molecule has 0 aromatic heterocycles. The van der Waals surface area contributed by atoms with E-state index in [4.69, 9.17) is 23.1 Å². The van der Waals surface area contributed by atoms with Crippen LogP contribution in [0.25, 0.3) is 0 Å². The molecular weight excluding hydrogens is 386 g/mol. The molecule has 0 aromatic rings. The van der Waals surface area contributed by atoms with Crippen molar-refractivity contribution in [2.24, 2.45) is 11.5 Å². The zero-order valence-corrected chi connectivity index (χ0v) is 17.4. The summed E-state index contributed by atoms with van der Waals surface area (Å²) in [4.78, 5) is 35.6. The standard InChI is InChI=1S/C17H36ClN7O3/c1-13(18)25-16(27)12-23-15(26)11-24-17(28)14(22-10-4-7-20)5-2-8-21-9-3-6-19/h13-14,21-22H,2-12,19-20H2,1H3,(H,23,26)(H,24,28)(H,25,27). The lowest BCUT2D eigenvalue weighted by atomic mass is 10.1. The number of carbonyl (C=O) groups is 3. The minimum absolute atomic E-state index is 0.196. The summed E-state index contributed by atoms with van der Waals surface area (Å²) in [7, 11) is 0. The molecule has 2 unspecified atom stereocenters. The highest BCUT2D eigenvalue weighted by molar-refractivity contribution is 6.21. The van der Waals surface area contributed by atoms with Crippen molar-refractivity contribution in [2.75, 3.05) is 45.8 Å². The number of hydrogen-bond donors (Lipinski definition) is 7. The van der Waals surface area contributed by atoms with Crippen LogP contribution in [-0.4, -0.2) is 75.1 Å². The second-order valence-electron chi connectivity index (χ2n) is 6.36. The van der Waals surface area contributed by atoms with E-state index < -0.39 is 23.4 Å². The molecule has 0 saturated heterocycles. The summed E-state index contributed by atoms with van der Waals surface area (Å²) in [6.45, 7) is 4.65. The van der Waals surface area contributed by atoms with Crippen LogP contribution in [0.4, 0.5) is 0 Å². The lowest BCUT2D eigenvalue weighted by Gasteiger charge is -2.18. The van der Waals surface area contributed by atoms with Gasteiger partial charge in [0.05, 0.1) is 19.1 Å². The molecule has 9 N–H and O–H groups in total. The van der Waals surface area contributed by atoms with Gasteiger partial charge in [-0.2, -0.15) is 0 Å². The Bertz CT molecular complexity index is 452. The van der Waals surface area contributed by atoms with Crippen molar-refractivity contribution >= 4 is 29.3 Å². The maximum absolute atomic E-state index is 12.4. The monoisotopic (exact) mass is 421 g/mol. The van der Waals surface area contributed by atoms with Gasteiger partial charge in [-0.1, -0.05) is 11.6 Å². The SMILES string of the molecule is CC(Cl)NC(=O)CNC(=O)CNC(=O)C(CCCNCCCN)NCCCN. The van der Waals surface area contributed by atoms with Crippen molar-refractivity contribution in [1.29, 1.82) is 0 Å². The van der Waals surface area contributed by atoms with E-state index in [1.807, 2.05) is 0 Å². The first-order valence-corrected chi connectivity index (χ1v) is 10.2. The molecule has 164 valence electrons. The van der Waals surface area contributed by atoms with E-state index >= 15 is 0 Å². The summed E-state index contributed by atoms with van der Waals surface area (Å²) in [6, 6.07) is -0.406. The summed E-state index contributed by atoms with van der Waals surface area (Å²) in [5.74, 6) is -1.10. The first-order chi connectivity index (χ1) is 13.4. The van der Waals surface area contributed by atoms with E-state index in [9.17, 15) is 14.4 Å². The molecular formula is C17H36ClN7O3. The van der Waals surface area contributed by atoms with E-state index in [-0.39, 0.29) is 19.0 Å². The van der Waals surface area contributed by atoms with Gasteiger partial charge >= 0.3 is 0 Å². The fourth-order valence-corrected chi connectivity index (χ4v) is 2.41. The molecule has 0 fully saturated rings. The van der Waals surface area contributed by atoms with Crippen LogP contribution in [0.15, 0.2) is 0 Å². The number of rotatable bonds is 17. The normalized spacial score (nSPS) is 12.9. The van der Waals surface area contributed by atoms with Gasteiger partial charge in [0.1, 0.15) is 5.50 Å². The highest BCUT2D eigenvalue weighted by Crippen LogP contribution is 1.98. The van der Waals surface area contributed by atoms with Crippen LogP contribution in [-0.2, 0) is 14.4 Å². The molecule has 3 amide bonds. The number of halogens is 1. The molecule has 11 heteroatoms. The second-order valence-corrected chi connectivity index (χ2v) is 7.02. The number of alkyl halides is 1. The predicted molar refractivity (Wildman–Crippen MR) is 111 cm³/mol. The fraction of sp³-hybridized carbons (Fsp3) is 0.824. The Morgan fingerprint density at radius 2 is 1.50 bits per heavy atom. The van der Waals surface area contributed by atoms with Crippen LogP contribution in [0.5, 0.6) is 0 Å². The van der Waals surface area contributed by atoms with Gasteiger partial charge < -0.3 is 38.1 Å². The first-order valence-electron chi connectivity index (χ1n) is 9.72. The summed E-state index contributed by atoms with van der Waals surface area (Å²) >= 11 is 5.63. The largest absolute Gasteiger partial charge is 0.346 e. The number of nitrogens with two attached hydrogens (primary N) is 2. The average molecular weight is 422 g/mol. The number of amides is 3. The number of nitrogens with one attached hydrogen (secondary N) is 5. The first kappa shape index (κ1) is 26.5. The number of carbonyl (C=O) groups excluding carboxylic acids is 3. The predicted octanol–water partition coefficient (Wildman–Crippen LogP) is -2.05. The maximum Gasteiger partial charge on any atom is 0.240 e. The average Bonchev–Trinajstić information content (AvgIpc) is 2.65. The van der Waals surface area contributed by atoms with Gasteiger partial charge in [0.2, 0.25) is 17.7 Å².